The lowest BCUT2D eigenvalue weighted by Gasteiger charge is -2.02. The number of carbonyl (C=O) groups is 1. The smallest absolute Gasteiger partial charge is 0.153 e. The molecule has 78 valence electrons. The van der Waals surface area contributed by atoms with E-state index in [-0.39, 0.29) is 0 Å². The molecule has 0 amide bonds. The lowest BCUT2D eigenvalue weighted by atomic mass is 10.4. The Labute approximate surface area is 86.5 Å². The molecule has 6 heteroatoms. The summed E-state index contributed by atoms with van der Waals surface area (Å²) in [5.41, 5.74) is 0.567. The Morgan fingerprint density at radius 1 is 1.47 bits per heavy atom. The normalized spacial score (nSPS) is 10.5. The van der Waals surface area contributed by atoms with Crippen LogP contribution in [0, 0.1) is 0 Å². The number of nitrogens with zero attached hydrogens (tertiary/aromatic N) is 5. The van der Waals surface area contributed by atoms with E-state index in [1.807, 2.05) is 6.92 Å². The van der Waals surface area contributed by atoms with Crippen molar-refractivity contribution in [2.45, 2.75) is 20.0 Å². The first kappa shape index (κ1) is 9.57. The van der Waals surface area contributed by atoms with E-state index in [0.29, 0.717) is 12.1 Å². The second-order valence-electron chi connectivity index (χ2n) is 3.08. The van der Waals surface area contributed by atoms with Crippen molar-refractivity contribution in [1.29, 1.82) is 0 Å². The summed E-state index contributed by atoms with van der Waals surface area (Å²) in [7, 11) is 0. The summed E-state index contributed by atoms with van der Waals surface area (Å²) in [6.45, 7) is 3.30. The molecule has 0 aliphatic rings. The Kier molecular flexibility index (Phi) is 2.57. The summed E-state index contributed by atoms with van der Waals surface area (Å²) >= 11 is 0. The molecule has 0 atom stereocenters. The maximum absolute atomic E-state index is 10.5. The van der Waals surface area contributed by atoms with Crippen LogP contribution in [0.15, 0.2) is 18.7 Å². The molecule has 0 aromatic carbocycles. The van der Waals surface area contributed by atoms with Crippen LogP contribution in [-0.4, -0.2) is 30.8 Å². The van der Waals surface area contributed by atoms with Crippen molar-refractivity contribution in [3.63, 3.8) is 0 Å². The van der Waals surface area contributed by atoms with E-state index in [9.17, 15) is 4.79 Å². The molecule has 0 spiro atoms. The van der Waals surface area contributed by atoms with Gasteiger partial charge in [-0.1, -0.05) is 0 Å². The van der Waals surface area contributed by atoms with Crippen LogP contribution in [0.1, 0.15) is 23.1 Å². The van der Waals surface area contributed by atoms with Crippen LogP contribution in [0.2, 0.25) is 0 Å². The first-order valence-corrected chi connectivity index (χ1v) is 4.67. The van der Waals surface area contributed by atoms with Crippen LogP contribution >= 0.6 is 0 Å². The van der Waals surface area contributed by atoms with Crippen LogP contribution in [0.5, 0.6) is 0 Å². The number of aldehydes is 1. The Balaban J connectivity index is 2.17. The molecule has 0 saturated carbocycles. The fourth-order valence-electron chi connectivity index (χ4n) is 1.35. The zero-order valence-electron chi connectivity index (χ0n) is 8.37. The second-order valence-corrected chi connectivity index (χ2v) is 3.08. The Morgan fingerprint density at radius 3 is 3.00 bits per heavy atom. The molecule has 0 bridgehead atoms. The summed E-state index contributed by atoms with van der Waals surface area (Å²) in [6.07, 6.45) is 5.50. The van der Waals surface area contributed by atoms with Crippen LogP contribution in [0.3, 0.4) is 0 Å². The molecule has 15 heavy (non-hydrogen) atoms. The molecule has 0 radical (unpaired) electrons. The van der Waals surface area contributed by atoms with E-state index >= 15 is 0 Å². The van der Waals surface area contributed by atoms with Gasteiger partial charge in [0.1, 0.15) is 18.7 Å². The molecule has 0 aliphatic heterocycles. The van der Waals surface area contributed by atoms with Crippen molar-refractivity contribution in [2.24, 2.45) is 0 Å². The summed E-state index contributed by atoms with van der Waals surface area (Å²) < 4.78 is 3.46. The van der Waals surface area contributed by atoms with Crippen molar-refractivity contribution in [2.75, 3.05) is 0 Å². The summed E-state index contributed by atoms with van der Waals surface area (Å²) in [5.74, 6) is 0.832. The molecule has 0 N–H and O–H groups in total. The van der Waals surface area contributed by atoms with E-state index in [2.05, 4.69) is 15.2 Å². The van der Waals surface area contributed by atoms with E-state index in [1.165, 1.54) is 12.5 Å². The van der Waals surface area contributed by atoms with Gasteiger partial charge in [-0.2, -0.15) is 10.2 Å². The maximum Gasteiger partial charge on any atom is 0.153 e. The van der Waals surface area contributed by atoms with Gasteiger partial charge in [-0.15, -0.1) is 0 Å². The standard InChI is InChI=1S/C9H11N5O/c1-2-14-9(10-7-12-14)5-13-4-8(6-15)3-11-13/h3-4,6-7H,2,5H2,1H3. The minimum absolute atomic E-state index is 0.529. The molecule has 2 aromatic heterocycles. The van der Waals surface area contributed by atoms with Gasteiger partial charge in [0.25, 0.3) is 0 Å². The zero-order chi connectivity index (χ0) is 10.7. The summed E-state index contributed by atoms with van der Waals surface area (Å²) in [5, 5.41) is 8.09. The Bertz CT molecular complexity index is 459. The van der Waals surface area contributed by atoms with E-state index < -0.39 is 0 Å². The van der Waals surface area contributed by atoms with Gasteiger partial charge in [-0.3, -0.25) is 9.48 Å². The van der Waals surface area contributed by atoms with Crippen molar-refractivity contribution >= 4 is 6.29 Å². The van der Waals surface area contributed by atoms with Crippen molar-refractivity contribution < 1.29 is 4.79 Å². The predicted molar refractivity (Wildman–Crippen MR) is 52.4 cm³/mol. The number of rotatable bonds is 4. The Hall–Kier alpha value is -1.98. The minimum atomic E-state index is 0.529. The highest BCUT2D eigenvalue weighted by molar-refractivity contribution is 5.73. The number of aromatic nitrogens is 5. The fourth-order valence-corrected chi connectivity index (χ4v) is 1.35. The average molecular weight is 205 g/mol. The average Bonchev–Trinajstić information content (AvgIpc) is 2.87. The molecule has 0 aliphatic carbocycles. The minimum Gasteiger partial charge on any atom is -0.298 e. The van der Waals surface area contributed by atoms with Gasteiger partial charge in [0.2, 0.25) is 0 Å². The number of hydrogen-bond acceptors (Lipinski definition) is 4. The quantitative estimate of drug-likeness (QED) is 0.676. The molecule has 0 saturated heterocycles. The molecule has 0 unspecified atom stereocenters. The molecule has 2 aromatic rings. The fraction of sp³-hybridized carbons (Fsp3) is 0.333. The monoisotopic (exact) mass is 205 g/mol. The van der Waals surface area contributed by atoms with Gasteiger partial charge >= 0.3 is 0 Å². The third-order valence-electron chi connectivity index (χ3n) is 2.09. The number of aryl methyl sites for hydroxylation is 1. The third kappa shape index (κ3) is 1.93. The van der Waals surface area contributed by atoms with E-state index in [0.717, 1.165) is 18.7 Å². The lowest BCUT2D eigenvalue weighted by molar-refractivity contribution is 0.112. The molecule has 0 fully saturated rings. The van der Waals surface area contributed by atoms with Crippen LogP contribution in [0.4, 0.5) is 0 Å². The largest absolute Gasteiger partial charge is 0.298 e. The SMILES string of the molecule is CCn1ncnc1Cn1cc(C=O)cn1. The number of hydrogen-bond donors (Lipinski definition) is 0. The summed E-state index contributed by atoms with van der Waals surface area (Å²) in [6, 6.07) is 0. The first-order valence-electron chi connectivity index (χ1n) is 4.67. The third-order valence-corrected chi connectivity index (χ3v) is 2.09. The van der Waals surface area contributed by atoms with Crippen LogP contribution in [0.25, 0.3) is 0 Å². The van der Waals surface area contributed by atoms with Crippen LogP contribution < -0.4 is 0 Å². The molecule has 6 nitrogen and oxygen atoms in total. The second kappa shape index (κ2) is 4.04. The Morgan fingerprint density at radius 2 is 2.33 bits per heavy atom. The van der Waals surface area contributed by atoms with Gasteiger partial charge in [0.15, 0.2) is 6.29 Å². The van der Waals surface area contributed by atoms with E-state index in [1.54, 1.807) is 15.6 Å². The summed E-state index contributed by atoms with van der Waals surface area (Å²) in [4.78, 5) is 14.6. The molecular formula is C9H11N5O. The lowest BCUT2D eigenvalue weighted by Crippen LogP contribution is -2.09. The maximum atomic E-state index is 10.5. The molecule has 2 heterocycles. The first-order chi connectivity index (χ1) is 7.33. The van der Waals surface area contributed by atoms with Gasteiger partial charge in [0.05, 0.1) is 11.8 Å². The van der Waals surface area contributed by atoms with Gasteiger partial charge in [-0.25, -0.2) is 9.67 Å². The van der Waals surface area contributed by atoms with Crippen molar-refractivity contribution in [3.8, 4) is 0 Å². The van der Waals surface area contributed by atoms with Gasteiger partial charge in [0, 0.05) is 12.7 Å². The highest BCUT2D eigenvalue weighted by atomic mass is 16.1. The van der Waals surface area contributed by atoms with Crippen LogP contribution in [-0.2, 0) is 13.1 Å². The van der Waals surface area contributed by atoms with Gasteiger partial charge < -0.3 is 0 Å². The predicted octanol–water partition coefficient (Wildman–Crippen LogP) is 0.355. The highest BCUT2D eigenvalue weighted by Crippen LogP contribution is 1.99. The van der Waals surface area contributed by atoms with Crippen molar-refractivity contribution in [1.82, 2.24) is 24.5 Å². The highest BCUT2D eigenvalue weighted by Gasteiger charge is 2.04. The molecular weight excluding hydrogens is 194 g/mol. The van der Waals surface area contributed by atoms with Gasteiger partial charge in [-0.05, 0) is 6.92 Å². The number of carbonyl (C=O) groups excluding carboxylic acids is 1. The topological polar surface area (TPSA) is 65.6 Å². The molecule has 2 rings (SSSR count). The zero-order valence-corrected chi connectivity index (χ0v) is 8.37. The van der Waals surface area contributed by atoms with Crippen molar-refractivity contribution in [3.05, 3.63) is 30.1 Å². The van der Waals surface area contributed by atoms with E-state index in [4.69, 9.17) is 0 Å².